The summed E-state index contributed by atoms with van der Waals surface area (Å²) in [5.41, 5.74) is 8.71. The van der Waals surface area contributed by atoms with Crippen molar-refractivity contribution in [3.8, 4) is 0 Å². The van der Waals surface area contributed by atoms with Crippen LogP contribution < -0.4 is 5.73 Å². The highest BCUT2D eigenvalue weighted by Gasteiger charge is 2.18. The lowest BCUT2D eigenvalue weighted by molar-refractivity contribution is 0.0724. The van der Waals surface area contributed by atoms with E-state index in [-0.39, 0.29) is 5.91 Å². The molecule has 2 rings (SSSR count). The molecule has 1 aliphatic rings. The molecule has 0 spiro atoms. The maximum Gasteiger partial charge on any atom is 0.253 e. The number of benzene rings is 1. The quantitative estimate of drug-likeness (QED) is 0.506. The Bertz CT molecular complexity index is 456. The molecule has 0 saturated carbocycles. The topological polar surface area (TPSA) is 46.3 Å². The second-order valence-electron chi connectivity index (χ2n) is 5.41. The van der Waals surface area contributed by atoms with Gasteiger partial charge in [0.25, 0.3) is 5.91 Å². The van der Waals surface area contributed by atoms with Gasteiger partial charge in [-0.1, -0.05) is 15.9 Å². The lowest BCUT2D eigenvalue weighted by atomic mass is 10.0. The van der Waals surface area contributed by atoms with Crippen LogP contribution in [0.15, 0.2) is 18.2 Å². The van der Waals surface area contributed by atoms with E-state index < -0.39 is 0 Å². The molecule has 20 heavy (non-hydrogen) atoms. The lowest BCUT2D eigenvalue weighted by Gasteiger charge is -2.27. The number of rotatable bonds is 5. The van der Waals surface area contributed by atoms with Crippen molar-refractivity contribution in [1.82, 2.24) is 4.90 Å². The summed E-state index contributed by atoms with van der Waals surface area (Å²) in [6.07, 6.45) is 6.65. The van der Waals surface area contributed by atoms with Gasteiger partial charge in [-0.05, 0) is 62.3 Å². The van der Waals surface area contributed by atoms with E-state index in [1.54, 1.807) is 0 Å². The zero-order chi connectivity index (χ0) is 14.4. The van der Waals surface area contributed by atoms with E-state index in [1.165, 1.54) is 6.42 Å². The fourth-order valence-electron chi connectivity index (χ4n) is 2.64. The number of piperidine rings is 1. The third-order valence-electron chi connectivity index (χ3n) is 3.86. The Labute approximate surface area is 129 Å². The van der Waals surface area contributed by atoms with E-state index in [4.69, 9.17) is 5.73 Å². The molecule has 1 fully saturated rings. The second kappa shape index (κ2) is 7.67. The summed E-state index contributed by atoms with van der Waals surface area (Å²) in [6.45, 7) is 1.78. The third-order valence-corrected chi connectivity index (χ3v) is 4.42. The van der Waals surface area contributed by atoms with Gasteiger partial charge in [-0.25, -0.2) is 0 Å². The number of anilines is 1. The number of carbonyl (C=O) groups excluding carboxylic acids is 1. The van der Waals surface area contributed by atoms with Crippen LogP contribution in [-0.4, -0.2) is 29.2 Å². The summed E-state index contributed by atoms with van der Waals surface area (Å²) in [4.78, 5) is 14.4. The van der Waals surface area contributed by atoms with Gasteiger partial charge in [0.15, 0.2) is 0 Å². The largest absolute Gasteiger partial charge is 0.399 e. The Balaban J connectivity index is 2.07. The first-order chi connectivity index (χ1) is 9.72. The van der Waals surface area contributed by atoms with Crippen molar-refractivity contribution >= 4 is 27.5 Å². The van der Waals surface area contributed by atoms with Gasteiger partial charge in [-0.2, -0.15) is 0 Å². The molecule has 3 nitrogen and oxygen atoms in total. The Morgan fingerprint density at radius 2 is 1.95 bits per heavy atom. The van der Waals surface area contributed by atoms with E-state index in [0.29, 0.717) is 0 Å². The highest BCUT2D eigenvalue weighted by atomic mass is 79.9. The average molecular weight is 339 g/mol. The van der Waals surface area contributed by atoms with Crippen LogP contribution in [0.2, 0.25) is 0 Å². The average Bonchev–Trinajstić information content (AvgIpc) is 2.49. The number of nitrogens with two attached hydrogens (primary N) is 1. The molecular formula is C16H23BrN2O. The molecule has 1 aromatic rings. The summed E-state index contributed by atoms with van der Waals surface area (Å²) in [5.74, 6) is 0.159. The van der Waals surface area contributed by atoms with Gasteiger partial charge in [-0.15, -0.1) is 0 Å². The number of hydrogen-bond donors (Lipinski definition) is 1. The van der Waals surface area contributed by atoms with Crippen molar-refractivity contribution in [2.45, 2.75) is 38.5 Å². The number of nitrogen functional groups attached to an aromatic ring is 1. The Morgan fingerprint density at radius 3 is 2.65 bits per heavy atom. The van der Waals surface area contributed by atoms with Crippen molar-refractivity contribution in [1.29, 1.82) is 0 Å². The van der Waals surface area contributed by atoms with Crippen LogP contribution in [-0.2, 0) is 6.42 Å². The van der Waals surface area contributed by atoms with Gasteiger partial charge in [0.2, 0.25) is 0 Å². The summed E-state index contributed by atoms with van der Waals surface area (Å²) in [7, 11) is 0. The molecule has 0 aromatic heterocycles. The Kier molecular flexibility index (Phi) is 5.89. The second-order valence-corrected chi connectivity index (χ2v) is 6.21. The molecule has 0 bridgehead atoms. The first-order valence-electron chi connectivity index (χ1n) is 7.46. The smallest absolute Gasteiger partial charge is 0.253 e. The number of unbranched alkanes of at least 4 members (excludes halogenated alkanes) is 1. The molecule has 0 aliphatic carbocycles. The number of nitrogens with zero attached hydrogens (tertiary/aromatic N) is 1. The molecule has 0 atom stereocenters. The van der Waals surface area contributed by atoms with E-state index >= 15 is 0 Å². The zero-order valence-electron chi connectivity index (χ0n) is 11.9. The van der Waals surface area contributed by atoms with Crippen molar-refractivity contribution in [2.24, 2.45) is 0 Å². The zero-order valence-corrected chi connectivity index (χ0v) is 13.5. The van der Waals surface area contributed by atoms with Gasteiger partial charge in [-0.3, -0.25) is 4.79 Å². The number of aryl methyl sites for hydroxylation is 1. The Morgan fingerprint density at radius 1 is 1.20 bits per heavy atom. The molecule has 0 unspecified atom stereocenters. The van der Waals surface area contributed by atoms with E-state index in [2.05, 4.69) is 15.9 Å². The van der Waals surface area contributed by atoms with E-state index in [0.717, 1.165) is 67.3 Å². The fraction of sp³-hybridized carbons (Fsp3) is 0.562. The van der Waals surface area contributed by atoms with E-state index in [9.17, 15) is 4.79 Å². The van der Waals surface area contributed by atoms with Gasteiger partial charge in [0.1, 0.15) is 0 Å². The van der Waals surface area contributed by atoms with Gasteiger partial charge < -0.3 is 10.6 Å². The molecule has 1 heterocycles. The van der Waals surface area contributed by atoms with Crippen molar-refractivity contribution in [3.05, 3.63) is 29.3 Å². The molecule has 1 saturated heterocycles. The molecule has 0 radical (unpaired) electrons. The third kappa shape index (κ3) is 3.98. The summed E-state index contributed by atoms with van der Waals surface area (Å²) in [5, 5.41) is 1.01. The number of amides is 1. The minimum absolute atomic E-state index is 0.159. The first kappa shape index (κ1) is 15.4. The van der Waals surface area contributed by atoms with Crippen molar-refractivity contribution in [2.75, 3.05) is 24.2 Å². The predicted octanol–water partition coefficient (Wildman–Crippen LogP) is 3.61. The van der Waals surface area contributed by atoms with Gasteiger partial charge in [0.05, 0.1) is 0 Å². The van der Waals surface area contributed by atoms with Crippen molar-refractivity contribution in [3.63, 3.8) is 0 Å². The Hall–Kier alpha value is -1.03. The molecule has 2 N–H and O–H groups in total. The maximum atomic E-state index is 12.5. The standard InChI is InChI=1S/C16H23BrN2O/c17-9-3-2-6-13-12-14(7-8-15(13)18)16(20)19-10-4-1-5-11-19/h7-8,12H,1-6,9-11,18H2. The number of likely N-dealkylation sites (tertiary alicyclic amines) is 1. The number of hydrogen-bond acceptors (Lipinski definition) is 2. The normalized spacial score (nSPS) is 15.3. The molecule has 1 aliphatic heterocycles. The first-order valence-corrected chi connectivity index (χ1v) is 8.58. The molecule has 1 aromatic carbocycles. The van der Waals surface area contributed by atoms with Crippen LogP contribution in [0.25, 0.3) is 0 Å². The molecular weight excluding hydrogens is 316 g/mol. The van der Waals surface area contributed by atoms with Crippen LogP contribution in [0, 0.1) is 0 Å². The number of halogens is 1. The summed E-state index contributed by atoms with van der Waals surface area (Å²) < 4.78 is 0. The van der Waals surface area contributed by atoms with Crippen LogP contribution in [0.5, 0.6) is 0 Å². The maximum absolute atomic E-state index is 12.5. The molecule has 110 valence electrons. The fourth-order valence-corrected chi connectivity index (χ4v) is 3.04. The van der Waals surface area contributed by atoms with Crippen LogP contribution in [0.4, 0.5) is 5.69 Å². The number of carbonyl (C=O) groups is 1. The number of alkyl halides is 1. The van der Waals surface area contributed by atoms with Crippen LogP contribution in [0.3, 0.4) is 0 Å². The molecule has 4 heteroatoms. The summed E-state index contributed by atoms with van der Waals surface area (Å²) in [6, 6.07) is 5.72. The highest BCUT2D eigenvalue weighted by Crippen LogP contribution is 2.20. The van der Waals surface area contributed by atoms with Crippen molar-refractivity contribution < 1.29 is 4.79 Å². The van der Waals surface area contributed by atoms with Gasteiger partial charge >= 0.3 is 0 Å². The van der Waals surface area contributed by atoms with Crippen LogP contribution >= 0.6 is 15.9 Å². The van der Waals surface area contributed by atoms with Gasteiger partial charge in [0, 0.05) is 29.7 Å². The summed E-state index contributed by atoms with van der Waals surface area (Å²) >= 11 is 3.44. The lowest BCUT2D eigenvalue weighted by Crippen LogP contribution is -2.35. The molecule has 1 amide bonds. The highest BCUT2D eigenvalue weighted by molar-refractivity contribution is 9.09. The SMILES string of the molecule is Nc1ccc(C(=O)N2CCCCC2)cc1CCCCBr. The minimum atomic E-state index is 0.159. The monoisotopic (exact) mass is 338 g/mol. The van der Waals surface area contributed by atoms with E-state index in [1.807, 2.05) is 23.1 Å². The minimum Gasteiger partial charge on any atom is -0.399 e. The predicted molar refractivity (Wildman–Crippen MR) is 87.3 cm³/mol. The van der Waals surface area contributed by atoms with Crippen LogP contribution in [0.1, 0.15) is 48.0 Å².